The smallest absolute Gasteiger partial charge is 0.224 e. The second-order valence-corrected chi connectivity index (χ2v) is 4.30. The number of nitrogens with zero attached hydrogens (tertiary/aromatic N) is 3. The van der Waals surface area contributed by atoms with E-state index in [0.717, 1.165) is 32.8 Å². The second kappa shape index (κ2) is 7.20. The highest BCUT2D eigenvalue weighted by Gasteiger charge is 2.10. The highest BCUT2D eigenvalue weighted by atomic mass is 19.1. The molecule has 106 valence electrons. The molecule has 0 amide bonds. The van der Waals surface area contributed by atoms with Gasteiger partial charge >= 0.3 is 0 Å². The summed E-state index contributed by atoms with van der Waals surface area (Å²) in [4.78, 5) is 10.2. The summed E-state index contributed by atoms with van der Waals surface area (Å²) in [5.41, 5.74) is 0. The molecule has 0 radical (unpaired) electrons. The maximum absolute atomic E-state index is 13.5. The number of aromatic nitrogens is 2. The second-order valence-electron chi connectivity index (χ2n) is 4.30. The zero-order valence-electron chi connectivity index (χ0n) is 11.2. The van der Waals surface area contributed by atoms with Crippen LogP contribution < -0.4 is 10.6 Å². The summed E-state index contributed by atoms with van der Waals surface area (Å²) < 4.78 is 18.8. The molecule has 1 aliphatic heterocycles. The van der Waals surface area contributed by atoms with Gasteiger partial charge in [-0.1, -0.05) is 0 Å². The molecule has 0 spiro atoms. The number of morpholine rings is 1. The molecule has 0 atom stereocenters. The SMILES string of the molecule is CCNc1ncc(F)c(NCCN2CCOCC2)n1. The normalized spacial score (nSPS) is 16.3. The number of rotatable bonds is 6. The fourth-order valence-electron chi connectivity index (χ4n) is 1.89. The quantitative estimate of drug-likeness (QED) is 0.796. The van der Waals surface area contributed by atoms with Gasteiger partial charge < -0.3 is 15.4 Å². The average molecular weight is 269 g/mol. The molecule has 7 heteroatoms. The fraction of sp³-hybridized carbons (Fsp3) is 0.667. The third-order valence-corrected chi connectivity index (χ3v) is 2.90. The molecule has 0 aromatic carbocycles. The molecule has 0 bridgehead atoms. The van der Waals surface area contributed by atoms with Gasteiger partial charge in [-0.05, 0) is 6.92 Å². The molecule has 1 saturated heterocycles. The van der Waals surface area contributed by atoms with E-state index in [2.05, 4.69) is 25.5 Å². The van der Waals surface area contributed by atoms with Crippen molar-refractivity contribution in [3.8, 4) is 0 Å². The van der Waals surface area contributed by atoms with E-state index in [1.54, 1.807) is 0 Å². The van der Waals surface area contributed by atoms with Crippen LogP contribution in [0, 0.1) is 5.82 Å². The average Bonchev–Trinajstić information content (AvgIpc) is 2.44. The van der Waals surface area contributed by atoms with Crippen molar-refractivity contribution < 1.29 is 9.13 Å². The first kappa shape index (κ1) is 14.0. The van der Waals surface area contributed by atoms with Crippen molar-refractivity contribution in [3.05, 3.63) is 12.0 Å². The molecule has 0 aliphatic carbocycles. The highest BCUT2D eigenvalue weighted by Crippen LogP contribution is 2.11. The molecule has 1 aromatic heterocycles. The van der Waals surface area contributed by atoms with E-state index in [4.69, 9.17) is 4.74 Å². The summed E-state index contributed by atoms with van der Waals surface area (Å²) in [5.74, 6) is 0.264. The van der Waals surface area contributed by atoms with Crippen molar-refractivity contribution in [3.63, 3.8) is 0 Å². The maximum Gasteiger partial charge on any atom is 0.224 e. The summed E-state index contributed by atoms with van der Waals surface area (Å²) in [6.45, 7) is 7.55. The van der Waals surface area contributed by atoms with E-state index in [-0.39, 0.29) is 5.82 Å². The Bertz CT molecular complexity index is 398. The molecule has 2 rings (SSSR count). The van der Waals surface area contributed by atoms with E-state index < -0.39 is 5.82 Å². The van der Waals surface area contributed by atoms with Gasteiger partial charge in [0, 0.05) is 32.7 Å². The van der Waals surface area contributed by atoms with Crippen LogP contribution in [0.1, 0.15) is 6.92 Å². The number of ether oxygens (including phenoxy) is 1. The van der Waals surface area contributed by atoms with Crippen LogP contribution in [0.3, 0.4) is 0 Å². The predicted molar refractivity (Wildman–Crippen MR) is 71.9 cm³/mol. The maximum atomic E-state index is 13.5. The zero-order chi connectivity index (χ0) is 13.5. The molecule has 1 fully saturated rings. The molecule has 6 nitrogen and oxygen atoms in total. The van der Waals surface area contributed by atoms with E-state index in [1.165, 1.54) is 6.20 Å². The summed E-state index contributed by atoms with van der Waals surface area (Å²) in [7, 11) is 0. The first-order valence-electron chi connectivity index (χ1n) is 6.60. The predicted octanol–water partition coefficient (Wildman–Crippen LogP) is 0.792. The van der Waals surface area contributed by atoms with Crippen LogP contribution in [0.15, 0.2) is 6.20 Å². The minimum absolute atomic E-state index is 0.249. The molecular weight excluding hydrogens is 249 g/mol. The molecule has 2 N–H and O–H groups in total. The van der Waals surface area contributed by atoms with Crippen LogP contribution in [-0.2, 0) is 4.74 Å². The van der Waals surface area contributed by atoms with E-state index in [0.29, 0.717) is 19.0 Å². The number of halogens is 1. The van der Waals surface area contributed by atoms with E-state index >= 15 is 0 Å². The Hall–Kier alpha value is -1.47. The lowest BCUT2D eigenvalue weighted by Gasteiger charge is -2.26. The van der Waals surface area contributed by atoms with Crippen molar-refractivity contribution in [1.29, 1.82) is 0 Å². The summed E-state index contributed by atoms with van der Waals surface area (Å²) in [5, 5.41) is 5.97. The third-order valence-electron chi connectivity index (χ3n) is 2.90. The monoisotopic (exact) mass is 269 g/mol. The van der Waals surface area contributed by atoms with Gasteiger partial charge in [0.15, 0.2) is 11.6 Å². The minimum atomic E-state index is -0.427. The van der Waals surface area contributed by atoms with Crippen molar-refractivity contribution >= 4 is 11.8 Å². The van der Waals surface area contributed by atoms with Crippen molar-refractivity contribution in [1.82, 2.24) is 14.9 Å². The summed E-state index contributed by atoms with van der Waals surface area (Å²) >= 11 is 0. The van der Waals surface area contributed by atoms with Gasteiger partial charge in [0.25, 0.3) is 0 Å². The summed E-state index contributed by atoms with van der Waals surface area (Å²) in [6.07, 6.45) is 1.18. The van der Waals surface area contributed by atoms with Gasteiger partial charge in [-0.2, -0.15) is 4.98 Å². The Morgan fingerprint density at radius 2 is 2.16 bits per heavy atom. The Morgan fingerprint density at radius 3 is 2.89 bits per heavy atom. The van der Waals surface area contributed by atoms with E-state index in [9.17, 15) is 4.39 Å². The van der Waals surface area contributed by atoms with Gasteiger partial charge in [0.1, 0.15) is 0 Å². The molecule has 0 saturated carbocycles. The van der Waals surface area contributed by atoms with Crippen LogP contribution in [-0.4, -0.2) is 60.8 Å². The van der Waals surface area contributed by atoms with Crippen molar-refractivity contribution in [2.75, 3.05) is 56.6 Å². The number of anilines is 2. The van der Waals surface area contributed by atoms with Gasteiger partial charge in [-0.25, -0.2) is 9.37 Å². The largest absolute Gasteiger partial charge is 0.379 e. The summed E-state index contributed by atoms with van der Waals surface area (Å²) in [6, 6.07) is 0. The minimum Gasteiger partial charge on any atom is -0.379 e. The lowest BCUT2D eigenvalue weighted by Crippen LogP contribution is -2.39. The molecule has 19 heavy (non-hydrogen) atoms. The van der Waals surface area contributed by atoms with Crippen LogP contribution in [0.4, 0.5) is 16.2 Å². The highest BCUT2D eigenvalue weighted by molar-refractivity contribution is 5.40. The van der Waals surface area contributed by atoms with E-state index in [1.807, 2.05) is 6.92 Å². The molecule has 2 heterocycles. The molecule has 1 aromatic rings. The van der Waals surface area contributed by atoms with Crippen LogP contribution >= 0.6 is 0 Å². The van der Waals surface area contributed by atoms with Crippen molar-refractivity contribution in [2.24, 2.45) is 0 Å². The topological polar surface area (TPSA) is 62.3 Å². The zero-order valence-corrected chi connectivity index (χ0v) is 11.2. The van der Waals surface area contributed by atoms with Crippen LogP contribution in [0.2, 0.25) is 0 Å². The Balaban J connectivity index is 1.82. The van der Waals surface area contributed by atoms with Gasteiger partial charge in [-0.15, -0.1) is 0 Å². The standard InChI is InChI=1S/C12H20FN5O/c1-2-14-12-16-9-10(13)11(17-12)15-3-4-18-5-7-19-8-6-18/h9H,2-8H2,1H3,(H2,14,15,16,17). The first-order chi connectivity index (χ1) is 9.29. The van der Waals surface area contributed by atoms with Crippen molar-refractivity contribution in [2.45, 2.75) is 6.92 Å². The Kier molecular flexibility index (Phi) is 5.29. The Morgan fingerprint density at radius 1 is 1.37 bits per heavy atom. The van der Waals surface area contributed by atoms with Crippen LogP contribution in [0.25, 0.3) is 0 Å². The number of nitrogens with one attached hydrogen (secondary N) is 2. The lowest BCUT2D eigenvalue weighted by molar-refractivity contribution is 0.0398. The number of hydrogen-bond acceptors (Lipinski definition) is 6. The molecule has 1 aliphatic rings. The third kappa shape index (κ3) is 4.29. The Labute approximate surface area is 112 Å². The van der Waals surface area contributed by atoms with Crippen LogP contribution in [0.5, 0.6) is 0 Å². The molecule has 0 unspecified atom stereocenters. The fourth-order valence-corrected chi connectivity index (χ4v) is 1.89. The van der Waals surface area contributed by atoms with Gasteiger partial charge in [0.05, 0.1) is 19.4 Å². The number of hydrogen-bond donors (Lipinski definition) is 2. The lowest BCUT2D eigenvalue weighted by atomic mass is 10.4. The van der Waals surface area contributed by atoms with Gasteiger partial charge in [-0.3, -0.25) is 4.90 Å². The first-order valence-corrected chi connectivity index (χ1v) is 6.60. The molecular formula is C12H20FN5O. The van der Waals surface area contributed by atoms with Gasteiger partial charge in [0.2, 0.25) is 5.95 Å².